The van der Waals surface area contributed by atoms with Gasteiger partial charge in [0.15, 0.2) is 0 Å². The van der Waals surface area contributed by atoms with Gasteiger partial charge in [0.1, 0.15) is 17.4 Å². The lowest BCUT2D eigenvalue weighted by molar-refractivity contribution is -0.978. The highest BCUT2D eigenvalue weighted by molar-refractivity contribution is 6.02. The topological polar surface area (TPSA) is 46.8 Å². The first kappa shape index (κ1) is 26.8. The van der Waals surface area contributed by atoms with Crippen LogP contribution in [0.3, 0.4) is 0 Å². The first-order valence-corrected chi connectivity index (χ1v) is 14.1. The van der Waals surface area contributed by atoms with Gasteiger partial charge in [-0.3, -0.25) is 4.98 Å². The molecule has 0 amide bonds. The van der Waals surface area contributed by atoms with Crippen molar-refractivity contribution in [1.29, 1.82) is 0 Å². The summed E-state index contributed by atoms with van der Waals surface area (Å²) in [6.07, 6.45) is 6.29. The lowest BCUT2D eigenvalue weighted by Crippen LogP contribution is -3.24. The van der Waals surface area contributed by atoms with Gasteiger partial charge < -0.3 is 27.2 Å². The minimum Gasteiger partial charge on any atom is -1.00 e. The number of nitrogens with zero attached hydrogens (tertiary/aromatic N) is 1. The van der Waals surface area contributed by atoms with Crippen LogP contribution in [0.2, 0.25) is 0 Å². The molecule has 5 aromatic rings. The molecule has 0 saturated carbocycles. The third kappa shape index (κ3) is 4.17. The summed E-state index contributed by atoms with van der Waals surface area (Å²) in [5.41, 5.74) is 2.80. The van der Waals surface area contributed by atoms with Crippen molar-refractivity contribution in [3.05, 3.63) is 109 Å². The molecule has 5 heteroatoms. The van der Waals surface area contributed by atoms with Crippen LogP contribution in [0, 0.1) is 11.8 Å². The van der Waals surface area contributed by atoms with Gasteiger partial charge in [-0.25, -0.2) is 0 Å². The van der Waals surface area contributed by atoms with Crippen LogP contribution < -0.4 is 22.0 Å². The fraction of sp³-hybridized carbons (Fsp3) is 0.286. The normalized spacial score (nSPS) is 24.6. The van der Waals surface area contributed by atoms with Crippen molar-refractivity contribution in [2.75, 3.05) is 20.2 Å². The predicted octanol–water partition coefficient (Wildman–Crippen LogP) is 2.68. The molecule has 0 aliphatic carbocycles. The summed E-state index contributed by atoms with van der Waals surface area (Å²) in [7, 11) is 1.69. The van der Waals surface area contributed by atoms with Gasteiger partial charge in [-0.15, -0.1) is 6.58 Å². The summed E-state index contributed by atoms with van der Waals surface area (Å²) in [6, 6.07) is 27.7. The number of aliphatic hydroxyl groups is 1. The van der Waals surface area contributed by atoms with E-state index in [-0.39, 0.29) is 17.9 Å². The molecule has 8 rings (SSSR count). The SMILES string of the molecule is C=CC1C[N@H+]2CCC1CC2(Cc1c2ccccc2cc2ccccc12)C(O)c1ccnc2ccc(OC)cc12.[Cl-]. The van der Waals surface area contributed by atoms with Crippen LogP contribution in [-0.2, 0) is 6.42 Å². The van der Waals surface area contributed by atoms with E-state index in [1.165, 1.54) is 38.4 Å². The maximum atomic E-state index is 12.6. The number of piperidine rings is 3. The number of ether oxygens (including phenoxy) is 1. The van der Waals surface area contributed by atoms with E-state index in [1.54, 1.807) is 7.11 Å². The van der Waals surface area contributed by atoms with Crippen LogP contribution in [0.4, 0.5) is 0 Å². The third-order valence-electron chi connectivity index (χ3n) is 9.71. The smallest absolute Gasteiger partial charge is 0.134 e. The van der Waals surface area contributed by atoms with E-state index < -0.39 is 6.10 Å². The zero-order valence-corrected chi connectivity index (χ0v) is 23.6. The fourth-order valence-corrected chi connectivity index (χ4v) is 7.74. The summed E-state index contributed by atoms with van der Waals surface area (Å²) >= 11 is 0. The van der Waals surface area contributed by atoms with Gasteiger partial charge in [-0.1, -0.05) is 54.6 Å². The molecule has 4 nitrogen and oxygen atoms in total. The molecule has 0 spiro atoms. The zero-order valence-electron chi connectivity index (χ0n) is 22.8. The highest BCUT2D eigenvalue weighted by atomic mass is 35.5. The van der Waals surface area contributed by atoms with Crippen molar-refractivity contribution in [1.82, 2.24) is 4.98 Å². The number of benzene rings is 4. The molecule has 4 unspecified atom stereocenters. The van der Waals surface area contributed by atoms with Crippen LogP contribution in [-0.4, -0.2) is 35.8 Å². The molecule has 5 atom stereocenters. The zero-order chi connectivity index (χ0) is 26.6. The van der Waals surface area contributed by atoms with Gasteiger partial charge in [-0.05, 0) is 68.9 Å². The Balaban J connectivity index is 0.00000289. The minimum atomic E-state index is -0.656. The van der Waals surface area contributed by atoms with E-state index in [0.717, 1.165) is 48.1 Å². The van der Waals surface area contributed by atoms with Crippen molar-refractivity contribution in [2.45, 2.75) is 30.9 Å². The van der Waals surface area contributed by atoms with Crippen LogP contribution >= 0.6 is 0 Å². The Morgan fingerprint density at radius 3 is 2.40 bits per heavy atom. The molecule has 0 radical (unpaired) electrons. The van der Waals surface area contributed by atoms with Gasteiger partial charge >= 0.3 is 0 Å². The maximum absolute atomic E-state index is 12.6. The summed E-state index contributed by atoms with van der Waals surface area (Å²) in [4.78, 5) is 6.11. The number of methoxy groups -OCH3 is 1. The Kier molecular flexibility index (Phi) is 7.03. The summed E-state index contributed by atoms with van der Waals surface area (Å²) in [6.45, 7) is 6.27. The average Bonchev–Trinajstić information content (AvgIpc) is 3.00. The molecule has 3 fully saturated rings. The monoisotopic (exact) mass is 550 g/mol. The van der Waals surface area contributed by atoms with Crippen molar-refractivity contribution < 1.29 is 27.2 Å². The molecule has 4 aromatic carbocycles. The van der Waals surface area contributed by atoms with Crippen molar-refractivity contribution in [3.8, 4) is 5.75 Å². The second-order valence-electron chi connectivity index (χ2n) is 11.5. The molecule has 3 saturated heterocycles. The molecule has 3 aliphatic heterocycles. The highest BCUT2D eigenvalue weighted by Gasteiger charge is 2.57. The second-order valence-corrected chi connectivity index (χ2v) is 11.5. The standard InChI is InChI=1S/C35H34N2O2.ClH/c1-3-23-22-37-17-15-26(23)20-35(37,34(38)30-14-16-36-33-13-12-27(39-2)19-31(30)33)21-32-28-10-6-4-8-24(28)18-25-9-5-7-11-29(25)32;/h3-14,16,18-19,23,26,34,38H,1,15,17,20-22H2,2H3;1H. The van der Waals surface area contributed by atoms with Crippen LogP contribution in [0.5, 0.6) is 5.75 Å². The van der Waals surface area contributed by atoms with Gasteiger partial charge in [0, 0.05) is 36.8 Å². The van der Waals surface area contributed by atoms with E-state index in [1.807, 2.05) is 30.5 Å². The van der Waals surface area contributed by atoms with Gasteiger partial charge in [0.2, 0.25) is 0 Å². The highest BCUT2D eigenvalue weighted by Crippen LogP contribution is 2.44. The van der Waals surface area contributed by atoms with Crippen molar-refractivity contribution >= 4 is 32.4 Å². The summed E-state index contributed by atoms with van der Waals surface area (Å²) in [5.74, 6) is 1.80. The number of hydrogen-bond acceptors (Lipinski definition) is 3. The number of hydrogen-bond donors (Lipinski definition) is 2. The molecule has 1 aromatic heterocycles. The van der Waals surface area contributed by atoms with Crippen molar-refractivity contribution in [3.63, 3.8) is 0 Å². The van der Waals surface area contributed by atoms with E-state index in [9.17, 15) is 5.11 Å². The largest absolute Gasteiger partial charge is 1.00 e. The number of nitrogens with one attached hydrogen (secondary N) is 1. The average molecular weight is 551 g/mol. The molecule has 2 N–H and O–H groups in total. The number of aliphatic hydroxyl groups excluding tert-OH is 1. The molecule has 2 bridgehead atoms. The van der Waals surface area contributed by atoms with E-state index >= 15 is 0 Å². The first-order chi connectivity index (χ1) is 19.1. The number of halogens is 1. The second kappa shape index (κ2) is 10.5. The Morgan fingerprint density at radius 1 is 1.02 bits per heavy atom. The third-order valence-corrected chi connectivity index (χ3v) is 9.71. The Morgan fingerprint density at radius 2 is 1.75 bits per heavy atom. The van der Waals surface area contributed by atoms with Crippen molar-refractivity contribution in [2.24, 2.45) is 11.8 Å². The minimum absolute atomic E-state index is 0. The number of fused-ring (bicyclic) bond motifs is 6. The van der Waals surface area contributed by atoms with Gasteiger partial charge in [-0.2, -0.15) is 0 Å². The summed E-state index contributed by atoms with van der Waals surface area (Å²) < 4.78 is 5.57. The van der Waals surface area contributed by atoms with Gasteiger partial charge in [0.05, 0.1) is 25.7 Å². The number of quaternary nitrogens is 1. The molecule has 204 valence electrons. The number of rotatable bonds is 6. The number of aromatic nitrogens is 1. The first-order valence-electron chi connectivity index (χ1n) is 14.1. The maximum Gasteiger partial charge on any atom is 0.134 e. The Hall–Kier alpha value is -3.44. The molecule has 4 heterocycles. The molecule has 3 aliphatic rings. The molecular formula is C35H35ClN2O2. The summed E-state index contributed by atoms with van der Waals surface area (Å²) in [5, 5.41) is 18.7. The van der Waals surface area contributed by atoms with Crippen LogP contribution in [0.25, 0.3) is 32.4 Å². The molecular weight excluding hydrogens is 516 g/mol. The Labute approximate surface area is 241 Å². The fourth-order valence-electron chi connectivity index (χ4n) is 7.74. The Bertz CT molecular complexity index is 1660. The van der Waals surface area contributed by atoms with E-state index in [2.05, 4.69) is 72.2 Å². The van der Waals surface area contributed by atoms with E-state index in [0.29, 0.717) is 11.8 Å². The van der Waals surface area contributed by atoms with Gasteiger partial charge in [0.25, 0.3) is 0 Å². The van der Waals surface area contributed by atoms with Crippen LogP contribution in [0.1, 0.15) is 30.1 Å². The van der Waals surface area contributed by atoms with Crippen LogP contribution in [0.15, 0.2) is 97.7 Å². The molecule has 40 heavy (non-hydrogen) atoms. The number of pyridine rings is 1. The van der Waals surface area contributed by atoms with E-state index in [4.69, 9.17) is 4.74 Å². The lowest BCUT2D eigenvalue weighted by Gasteiger charge is -2.55. The predicted molar refractivity (Wildman–Crippen MR) is 158 cm³/mol. The lowest BCUT2D eigenvalue weighted by atomic mass is 9.63. The quantitative estimate of drug-likeness (QED) is 0.252.